The highest BCUT2D eigenvalue weighted by Crippen LogP contribution is 2.53. The Morgan fingerprint density at radius 2 is 1.87 bits per heavy atom. The SMILES string of the molecule is O=CC(CCO)(CCC(=O)O)P(=O)(O)O. The van der Waals surface area contributed by atoms with Crippen LogP contribution < -0.4 is 0 Å². The molecule has 0 fully saturated rings. The second-order valence-electron chi connectivity index (χ2n) is 3.13. The molecule has 0 aromatic rings. The minimum atomic E-state index is -4.77. The van der Waals surface area contributed by atoms with E-state index in [2.05, 4.69) is 0 Å². The summed E-state index contributed by atoms with van der Waals surface area (Å²) in [6.45, 7) is -0.594. The number of aliphatic hydroxyl groups excluding tert-OH is 1. The van der Waals surface area contributed by atoms with E-state index in [0.29, 0.717) is 0 Å². The smallest absolute Gasteiger partial charge is 0.338 e. The Balaban J connectivity index is 4.90. The van der Waals surface area contributed by atoms with Gasteiger partial charge >= 0.3 is 13.6 Å². The van der Waals surface area contributed by atoms with Crippen LogP contribution in [0, 0.1) is 0 Å². The van der Waals surface area contributed by atoms with E-state index >= 15 is 0 Å². The van der Waals surface area contributed by atoms with E-state index in [4.69, 9.17) is 20.0 Å². The van der Waals surface area contributed by atoms with Crippen LogP contribution in [-0.4, -0.2) is 44.0 Å². The Morgan fingerprint density at radius 3 is 2.13 bits per heavy atom. The number of aldehydes is 1. The molecular weight excluding hydrogens is 227 g/mol. The van der Waals surface area contributed by atoms with Gasteiger partial charge in [0.2, 0.25) is 0 Å². The number of carbonyl (C=O) groups excluding carboxylic acids is 1. The molecule has 0 rings (SSSR count). The fourth-order valence-electron chi connectivity index (χ4n) is 1.12. The van der Waals surface area contributed by atoms with Crippen LogP contribution in [0.25, 0.3) is 0 Å². The first kappa shape index (κ1) is 14.2. The monoisotopic (exact) mass is 240 g/mol. The van der Waals surface area contributed by atoms with Gasteiger partial charge in [-0.3, -0.25) is 9.36 Å². The highest BCUT2D eigenvalue weighted by molar-refractivity contribution is 7.54. The average Bonchev–Trinajstić information content (AvgIpc) is 2.10. The molecule has 88 valence electrons. The van der Waals surface area contributed by atoms with Gasteiger partial charge in [-0.1, -0.05) is 0 Å². The van der Waals surface area contributed by atoms with Crippen molar-refractivity contribution in [1.82, 2.24) is 0 Å². The van der Waals surface area contributed by atoms with E-state index in [0.717, 1.165) is 0 Å². The molecule has 1 unspecified atom stereocenters. The molecule has 0 heterocycles. The summed E-state index contributed by atoms with van der Waals surface area (Å²) in [6, 6.07) is 0. The number of carboxylic acid groups (broad SMARTS) is 1. The van der Waals surface area contributed by atoms with Crippen LogP contribution in [0.1, 0.15) is 19.3 Å². The maximum Gasteiger partial charge on any atom is 0.338 e. The van der Waals surface area contributed by atoms with Gasteiger partial charge in [0.05, 0.1) is 0 Å². The van der Waals surface area contributed by atoms with Crippen molar-refractivity contribution in [2.24, 2.45) is 0 Å². The Hall–Kier alpha value is -0.750. The average molecular weight is 240 g/mol. The lowest BCUT2D eigenvalue weighted by Crippen LogP contribution is -2.33. The van der Waals surface area contributed by atoms with Gasteiger partial charge in [-0.25, -0.2) is 0 Å². The van der Waals surface area contributed by atoms with Gasteiger partial charge < -0.3 is 24.8 Å². The quantitative estimate of drug-likeness (QED) is 0.343. The van der Waals surface area contributed by atoms with E-state index in [1.54, 1.807) is 0 Å². The maximum absolute atomic E-state index is 11.0. The van der Waals surface area contributed by atoms with Crippen LogP contribution in [0.3, 0.4) is 0 Å². The third-order valence-corrected chi connectivity index (χ3v) is 3.83. The van der Waals surface area contributed by atoms with Crippen molar-refractivity contribution in [2.75, 3.05) is 6.61 Å². The number of rotatable bonds is 7. The lowest BCUT2D eigenvalue weighted by molar-refractivity contribution is -0.137. The van der Waals surface area contributed by atoms with Crippen LogP contribution >= 0.6 is 7.60 Å². The van der Waals surface area contributed by atoms with Gasteiger partial charge in [-0.05, 0) is 12.8 Å². The van der Waals surface area contributed by atoms with Gasteiger partial charge in [0.25, 0.3) is 0 Å². The molecule has 0 bridgehead atoms. The zero-order valence-corrected chi connectivity index (χ0v) is 8.76. The molecule has 0 saturated carbocycles. The van der Waals surface area contributed by atoms with E-state index in [1.165, 1.54) is 0 Å². The van der Waals surface area contributed by atoms with Gasteiger partial charge in [-0.15, -0.1) is 0 Å². The molecule has 8 heteroatoms. The maximum atomic E-state index is 11.0. The minimum absolute atomic E-state index is 0.0347. The molecule has 4 N–H and O–H groups in total. The Kier molecular flexibility index (Phi) is 5.10. The molecule has 0 aromatic heterocycles. The number of aliphatic hydroxyl groups is 1. The zero-order chi connectivity index (χ0) is 12.1. The summed E-state index contributed by atoms with van der Waals surface area (Å²) in [5, 5.41) is 14.9. The molecule has 7 nitrogen and oxygen atoms in total. The molecular formula is C7H13O7P. The molecule has 0 aliphatic carbocycles. The number of aliphatic carboxylic acids is 1. The second-order valence-corrected chi connectivity index (χ2v) is 5.11. The molecule has 0 spiro atoms. The summed E-state index contributed by atoms with van der Waals surface area (Å²) in [4.78, 5) is 38.8. The van der Waals surface area contributed by atoms with E-state index in [1.807, 2.05) is 0 Å². The fourth-order valence-corrected chi connectivity index (χ4v) is 2.05. The minimum Gasteiger partial charge on any atom is -0.481 e. The highest BCUT2D eigenvalue weighted by atomic mass is 31.2. The van der Waals surface area contributed by atoms with Crippen molar-refractivity contribution in [1.29, 1.82) is 0 Å². The Bertz CT molecular complexity index is 283. The summed E-state index contributed by atoms with van der Waals surface area (Å²) in [5.74, 6) is -1.26. The van der Waals surface area contributed by atoms with E-state index in [9.17, 15) is 14.2 Å². The van der Waals surface area contributed by atoms with Crippen molar-refractivity contribution in [3.8, 4) is 0 Å². The first-order valence-electron chi connectivity index (χ1n) is 4.14. The largest absolute Gasteiger partial charge is 0.481 e. The molecule has 0 aromatic carbocycles. The van der Waals surface area contributed by atoms with Crippen LogP contribution in [0.15, 0.2) is 0 Å². The van der Waals surface area contributed by atoms with Crippen molar-refractivity contribution in [3.05, 3.63) is 0 Å². The van der Waals surface area contributed by atoms with Gasteiger partial charge in [-0.2, -0.15) is 0 Å². The van der Waals surface area contributed by atoms with E-state index in [-0.39, 0.29) is 6.29 Å². The van der Waals surface area contributed by atoms with Gasteiger partial charge in [0.15, 0.2) is 0 Å². The summed E-state index contributed by atoms with van der Waals surface area (Å²) in [6.07, 6.45) is -1.44. The van der Waals surface area contributed by atoms with Crippen LogP contribution in [0.4, 0.5) is 0 Å². The standard InChI is InChI=1S/C7H13O7P/c8-4-3-7(5-9,15(12,13)14)2-1-6(10)11/h5,8H,1-4H2,(H,10,11)(H2,12,13,14). The number of hydrogen-bond acceptors (Lipinski definition) is 4. The van der Waals surface area contributed by atoms with Crippen LogP contribution in [0.5, 0.6) is 0 Å². The fraction of sp³-hybridized carbons (Fsp3) is 0.714. The zero-order valence-electron chi connectivity index (χ0n) is 7.87. The summed E-state index contributed by atoms with van der Waals surface area (Å²) in [7, 11) is -4.77. The van der Waals surface area contributed by atoms with Crippen LogP contribution in [0.2, 0.25) is 0 Å². The van der Waals surface area contributed by atoms with Crippen molar-refractivity contribution >= 4 is 19.9 Å². The number of carbonyl (C=O) groups is 2. The number of carboxylic acids is 1. The van der Waals surface area contributed by atoms with Gasteiger partial charge in [0.1, 0.15) is 11.4 Å². The van der Waals surface area contributed by atoms with Crippen molar-refractivity contribution < 1.29 is 34.2 Å². The van der Waals surface area contributed by atoms with E-state index < -0.39 is 44.6 Å². The molecule has 0 aliphatic heterocycles. The number of hydrogen-bond donors (Lipinski definition) is 4. The van der Waals surface area contributed by atoms with Crippen LogP contribution in [-0.2, 0) is 14.2 Å². The lowest BCUT2D eigenvalue weighted by atomic mass is 10.0. The summed E-state index contributed by atoms with van der Waals surface area (Å²) >= 11 is 0. The molecule has 0 radical (unpaired) electrons. The van der Waals surface area contributed by atoms with Crippen molar-refractivity contribution in [2.45, 2.75) is 24.4 Å². The topological polar surface area (TPSA) is 132 Å². The highest BCUT2D eigenvalue weighted by Gasteiger charge is 2.46. The van der Waals surface area contributed by atoms with Gasteiger partial charge in [0, 0.05) is 13.0 Å². The summed E-state index contributed by atoms with van der Waals surface area (Å²) in [5.41, 5.74) is 0. The summed E-state index contributed by atoms with van der Waals surface area (Å²) < 4.78 is 11.0. The normalized spacial score (nSPS) is 15.7. The molecule has 15 heavy (non-hydrogen) atoms. The lowest BCUT2D eigenvalue weighted by Gasteiger charge is -2.27. The first-order valence-corrected chi connectivity index (χ1v) is 5.75. The van der Waals surface area contributed by atoms with Crippen molar-refractivity contribution in [3.63, 3.8) is 0 Å². The third-order valence-electron chi connectivity index (χ3n) is 2.12. The molecule has 0 amide bonds. The third kappa shape index (κ3) is 3.71. The predicted octanol–water partition coefficient (Wildman–Crippen LogP) is -0.651. The first-order chi connectivity index (χ1) is 6.79. The Morgan fingerprint density at radius 1 is 1.33 bits per heavy atom. The molecule has 0 saturated heterocycles. The molecule has 0 aliphatic rings. The predicted molar refractivity (Wildman–Crippen MR) is 49.4 cm³/mol. The second kappa shape index (κ2) is 5.37. The Labute approximate surface area is 85.9 Å². The molecule has 1 atom stereocenters.